The number of para-hydroxylation sites is 1. The van der Waals surface area contributed by atoms with E-state index in [0.29, 0.717) is 6.42 Å². The van der Waals surface area contributed by atoms with Crippen LogP contribution in [0, 0.1) is 6.92 Å². The Hall–Kier alpha value is -2.67. The molecule has 0 fully saturated rings. The fraction of sp³-hybridized carbons (Fsp3) is 0.357. The normalized spacial score (nSPS) is 14.0. The molecule has 0 spiro atoms. The molecule has 0 saturated heterocycles. The summed E-state index contributed by atoms with van der Waals surface area (Å²) in [5, 5.41) is 6.17. The average molecular weight is 475 g/mol. The zero-order chi connectivity index (χ0) is 24.5. The molecule has 1 N–H and O–H groups in total. The maximum atomic E-state index is 13.2. The summed E-state index contributed by atoms with van der Waals surface area (Å²) in [6.45, 7) is 12.3. The quantitative estimate of drug-likeness (QED) is 0.318. The van der Waals surface area contributed by atoms with E-state index in [-0.39, 0.29) is 16.8 Å². The fourth-order valence-electron chi connectivity index (χ4n) is 4.14. The monoisotopic (exact) mass is 474 g/mol. The van der Waals surface area contributed by atoms with Crippen LogP contribution >= 0.6 is 0 Å². The van der Waals surface area contributed by atoms with Gasteiger partial charge < -0.3 is 4.55 Å². The number of hydrogen-bond donors (Lipinski definition) is 1. The van der Waals surface area contributed by atoms with Crippen LogP contribution in [0.25, 0.3) is 22.2 Å². The molecule has 6 heteroatoms. The van der Waals surface area contributed by atoms with Crippen LogP contribution in [0.4, 0.5) is 0 Å². The summed E-state index contributed by atoms with van der Waals surface area (Å²) in [5.41, 5.74) is 6.13. The summed E-state index contributed by atoms with van der Waals surface area (Å²) in [6, 6.07) is 22.8. The van der Waals surface area contributed by atoms with Crippen LogP contribution in [-0.4, -0.2) is 24.1 Å². The van der Waals surface area contributed by atoms with Crippen LogP contribution in [-0.2, 0) is 17.8 Å². The molecule has 0 saturated carbocycles. The summed E-state index contributed by atoms with van der Waals surface area (Å²) >= 11 is -1.24. The molecule has 4 aromatic rings. The summed E-state index contributed by atoms with van der Waals surface area (Å²) in [5.74, 6) is 0. The number of rotatable bonds is 7. The predicted molar refractivity (Wildman–Crippen MR) is 142 cm³/mol. The van der Waals surface area contributed by atoms with E-state index in [1.165, 1.54) is 0 Å². The van der Waals surface area contributed by atoms with E-state index in [1.54, 1.807) is 0 Å². The molecule has 0 bridgehead atoms. The van der Waals surface area contributed by atoms with Gasteiger partial charge in [-0.1, -0.05) is 48.5 Å². The first-order chi connectivity index (χ1) is 16.1. The van der Waals surface area contributed by atoms with E-state index in [4.69, 9.17) is 10.1 Å². The van der Waals surface area contributed by atoms with Crippen LogP contribution in [0.2, 0.25) is 0 Å². The zero-order valence-electron chi connectivity index (χ0n) is 20.9. The molecule has 0 amide bonds. The van der Waals surface area contributed by atoms with E-state index < -0.39 is 11.4 Å². The maximum absolute atomic E-state index is 13.2. The molecule has 1 unspecified atom stereocenters. The van der Waals surface area contributed by atoms with Gasteiger partial charge in [0, 0.05) is 46.2 Å². The standard InChI is InChI=1S/C28H34N4OS/c1-19(2)32-26-17-10-9-16-24(26)27(30-32)23-15-8-7-14-22(23)25(31-34(33)28(4,5)6)18-21-13-11-12-20(3)29-21/h7-17,19,25,31H,18H2,1-6H3/t25-,34?/m0/s1. The Bertz CT molecular complexity index is 1270. The van der Waals surface area contributed by atoms with Crippen molar-refractivity contribution in [1.82, 2.24) is 19.5 Å². The Balaban J connectivity index is 1.85. The van der Waals surface area contributed by atoms with Crippen molar-refractivity contribution in [1.29, 1.82) is 0 Å². The molecule has 0 aliphatic heterocycles. The summed E-state index contributed by atoms with van der Waals surface area (Å²) in [4.78, 5) is 4.73. The molecule has 2 aromatic heterocycles. The first kappa shape index (κ1) is 24.5. The molecule has 2 atom stereocenters. The number of benzene rings is 2. The average Bonchev–Trinajstić information content (AvgIpc) is 3.18. The third kappa shape index (κ3) is 5.19. The Morgan fingerprint density at radius 3 is 2.38 bits per heavy atom. The third-order valence-electron chi connectivity index (χ3n) is 5.86. The molecule has 178 valence electrons. The van der Waals surface area contributed by atoms with E-state index in [1.807, 2.05) is 58.0 Å². The minimum absolute atomic E-state index is 0.187. The van der Waals surface area contributed by atoms with Gasteiger partial charge in [0.15, 0.2) is 0 Å². The molecule has 0 radical (unpaired) electrons. The lowest BCUT2D eigenvalue weighted by Crippen LogP contribution is -2.42. The molecule has 4 rings (SSSR count). The van der Waals surface area contributed by atoms with Gasteiger partial charge in [0.1, 0.15) is 10.4 Å². The van der Waals surface area contributed by atoms with Crippen molar-refractivity contribution in [3.63, 3.8) is 0 Å². The smallest absolute Gasteiger partial charge is 0.136 e. The Labute approximate surface area is 205 Å². The van der Waals surface area contributed by atoms with Crippen LogP contribution in [0.15, 0.2) is 66.7 Å². The van der Waals surface area contributed by atoms with Gasteiger partial charge in [0.25, 0.3) is 0 Å². The first-order valence-corrected chi connectivity index (χ1v) is 13.0. The highest BCUT2D eigenvalue weighted by atomic mass is 32.2. The zero-order valence-corrected chi connectivity index (χ0v) is 21.7. The van der Waals surface area contributed by atoms with Crippen LogP contribution in [0.3, 0.4) is 0 Å². The Morgan fingerprint density at radius 2 is 1.68 bits per heavy atom. The molecule has 2 heterocycles. The Morgan fingerprint density at radius 1 is 0.971 bits per heavy atom. The number of nitrogens with one attached hydrogen (secondary N) is 1. The van der Waals surface area contributed by atoms with E-state index in [9.17, 15) is 4.55 Å². The highest BCUT2D eigenvalue weighted by Crippen LogP contribution is 2.35. The summed E-state index contributed by atoms with van der Waals surface area (Å²) in [6.07, 6.45) is 0.628. The van der Waals surface area contributed by atoms with Crippen molar-refractivity contribution < 1.29 is 4.55 Å². The van der Waals surface area contributed by atoms with Crippen LogP contribution < -0.4 is 4.72 Å². The van der Waals surface area contributed by atoms with Crippen molar-refractivity contribution >= 4 is 22.3 Å². The van der Waals surface area contributed by atoms with Gasteiger partial charge in [-0.05, 0) is 65.3 Å². The Kier molecular flexibility index (Phi) is 7.12. The van der Waals surface area contributed by atoms with Crippen molar-refractivity contribution in [2.45, 2.75) is 64.8 Å². The maximum Gasteiger partial charge on any atom is 0.136 e. The van der Waals surface area contributed by atoms with Crippen molar-refractivity contribution in [3.8, 4) is 11.3 Å². The number of nitrogens with zero attached hydrogens (tertiary/aromatic N) is 3. The topological polar surface area (TPSA) is 65.8 Å². The van der Waals surface area contributed by atoms with Gasteiger partial charge >= 0.3 is 0 Å². The molecule has 2 aromatic carbocycles. The second-order valence-corrected chi connectivity index (χ2v) is 12.0. The lowest BCUT2D eigenvalue weighted by atomic mass is 9.94. The van der Waals surface area contributed by atoms with Gasteiger partial charge in [-0.3, -0.25) is 9.67 Å². The molecular weight excluding hydrogens is 440 g/mol. The highest BCUT2D eigenvalue weighted by Gasteiger charge is 2.31. The highest BCUT2D eigenvalue weighted by molar-refractivity contribution is 7.90. The number of hydrogen-bond acceptors (Lipinski definition) is 4. The summed E-state index contributed by atoms with van der Waals surface area (Å²) in [7, 11) is 0. The second kappa shape index (κ2) is 9.90. The largest absolute Gasteiger partial charge is 0.598 e. The molecular formula is C28H34N4OS. The molecule has 34 heavy (non-hydrogen) atoms. The van der Waals surface area contributed by atoms with Gasteiger partial charge in [0.2, 0.25) is 0 Å². The number of fused-ring (bicyclic) bond motifs is 1. The third-order valence-corrected chi connectivity index (χ3v) is 7.47. The molecule has 0 aliphatic carbocycles. The minimum atomic E-state index is -1.24. The number of pyridine rings is 1. The van der Waals surface area contributed by atoms with Gasteiger partial charge in [0.05, 0.1) is 11.6 Å². The number of aryl methyl sites for hydroxylation is 1. The van der Waals surface area contributed by atoms with Crippen LogP contribution in [0.1, 0.15) is 63.7 Å². The lowest BCUT2D eigenvalue weighted by molar-refractivity contribution is 0.520. The van der Waals surface area contributed by atoms with Gasteiger partial charge in [-0.15, -0.1) is 4.72 Å². The van der Waals surface area contributed by atoms with E-state index >= 15 is 0 Å². The minimum Gasteiger partial charge on any atom is -0.598 e. The van der Waals surface area contributed by atoms with Crippen molar-refractivity contribution in [2.75, 3.05) is 0 Å². The van der Waals surface area contributed by atoms with Crippen LogP contribution in [0.5, 0.6) is 0 Å². The number of aromatic nitrogens is 3. The fourth-order valence-corrected chi connectivity index (χ4v) is 4.96. The lowest BCUT2D eigenvalue weighted by Gasteiger charge is -2.29. The van der Waals surface area contributed by atoms with Gasteiger partial charge in [-0.2, -0.15) is 5.10 Å². The summed E-state index contributed by atoms with van der Waals surface area (Å²) < 4.78 is 18.3. The van der Waals surface area contributed by atoms with Crippen molar-refractivity contribution in [2.24, 2.45) is 0 Å². The molecule has 0 aliphatic rings. The second-order valence-electron chi connectivity index (χ2n) is 10.0. The van der Waals surface area contributed by atoms with E-state index in [2.05, 4.69) is 59.6 Å². The van der Waals surface area contributed by atoms with Gasteiger partial charge in [-0.25, -0.2) is 0 Å². The first-order valence-electron chi connectivity index (χ1n) is 11.8. The van der Waals surface area contributed by atoms with Crippen molar-refractivity contribution in [3.05, 3.63) is 83.7 Å². The molecule has 5 nitrogen and oxygen atoms in total. The SMILES string of the molecule is Cc1cccc(C[C@H](N[S+]([O-])C(C)(C)C)c2ccccc2-c2nn(C(C)C)c3ccccc23)n1. The van der Waals surface area contributed by atoms with E-state index in [0.717, 1.165) is 39.1 Å². The predicted octanol–water partition coefficient (Wildman–Crippen LogP) is 6.32.